The highest BCUT2D eigenvalue weighted by Crippen LogP contribution is 2.34. The fourth-order valence-electron chi connectivity index (χ4n) is 4.18. The number of amides is 3. The van der Waals surface area contributed by atoms with Gasteiger partial charge in [0.1, 0.15) is 0 Å². The van der Waals surface area contributed by atoms with Crippen molar-refractivity contribution < 1.29 is 14.3 Å². The van der Waals surface area contributed by atoms with Gasteiger partial charge in [-0.25, -0.2) is 4.79 Å². The van der Waals surface area contributed by atoms with Crippen LogP contribution in [0.4, 0.5) is 4.79 Å². The third kappa shape index (κ3) is 4.28. The van der Waals surface area contributed by atoms with Crippen LogP contribution in [0.1, 0.15) is 23.8 Å². The zero-order valence-electron chi connectivity index (χ0n) is 15.7. The van der Waals surface area contributed by atoms with Gasteiger partial charge in [-0.1, -0.05) is 6.07 Å². The molecule has 1 atom stereocenters. The monoisotopic (exact) mass is 392 g/mol. The topological polar surface area (TPSA) is 56.3 Å². The molecule has 1 aromatic heterocycles. The van der Waals surface area contributed by atoms with Gasteiger partial charge in [0, 0.05) is 50.7 Å². The second-order valence-corrected chi connectivity index (χ2v) is 8.39. The van der Waals surface area contributed by atoms with Gasteiger partial charge in [0.05, 0.1) is 25.8 Å². The summed E-state index contributed by atoms with van der Waals surface area (Å²) in [6.07, 6.45) is 2.14. The third-order valence-corrected chi connectivity index (χ3v) is 6.70. The van der Waals surface area contributed by atoms with E-state index in [1.807, 2.05) is 9.80 Å². The maximum atomic E-state index is 12.9. The Morgan fingerprint density at radius 1 is 1.04 bits per heavy atom. The van der Waals surface area contributed by atoms with Crippen LogP contribution in [0.3, 0.4) is 0 Å². The van der Waals surface area contributed by atoms with Gasteiger partial charge in [-0.2, -0.15) is 0 Å². The molecule has 0 radical (unpaired) electrons. The van der Waals surface area contributed by atoms with Crippen LogP contribution in [-0.2, 0) is 9.53 Å². The van der Waals surface area contributed by atoms with Crippen molar-refractivity contribution in [2.75, 3.05) is 65.6 Å². The van der Waals surface area contributed by atoms with E-state index in [1.165, 1.54) is 4.88 Å². The molecule has 27 heavy (non-hydrogen) atoms. The summed E-state index contributed by atoms with van der Waals surface area (Å²) >= 11 is 1.74. The number of piperazine rings is 1. The molecule has 7 nitrogen and oxygen atoms in total. The second-order valence-electron chi connectivity index (χ2n) is 7.41. The molecule has 4 heterocycles. The van der Waals surface area contributed by atoms with Gasteiger partial charge in [-0.3, -0.25) is 9.69 Å². The lowest BCUT2D eigenvalue weighted by molar-refractivity contribution is -0.133. The van der Waals surface area contributed by atoms with E-state index in [1.54, 1.807) is 11.3 Å². The Kier molecular flexibility index (Phi) is 5.95. The number of carbonyl (C=O) groups excluding carboxylic acids is 2. The maximum Gasteiger partial charge on any atom is 0.320 e. The number of urea groups is 1. The van der Waals surface area contributed by atoms with Crippen LogP contribution in [-0.4, -0.2) is 97.1 Å². The summed E-state index contributed by atoms with van der Waals surface area (Å²) in [5.41, 5.74) is 0. The molecule has 0 spiro atoms. The number of hydrogen-bond donors (Lipinski definition) is 0. The molecule has 1 unspecified atom stereocenters. The molecule has 1 aromatic rings. The van der Waals surface area contributed by atoms with Crippen molar-refractivity contribution in [3.63, 3.8) is 0 Å². The van der Waals surface area contributed by atoms with Crippen molar-refractivity contribution in [3.05, 3.63) is 22.4 Å². The fraction of sp³-hybridized carbons (Fsp3) is 0.684. The van der Waals surface area contributed by atoms with E-state index in [0.717, 1.165) is 32.5 Å². The number of thiophene rings is 1. The van der Waals surface area contributed by atoms with E-state index < -0.39 is 0 Å². The Labute approximate surface area is 164 Å². The zero-order valence-corrected chi connectivity index (χ0v) is 16.5. The summed E-state index contributed by atoms with van der Waals surface area (Å²) in [7, 11) is 0. The van der Waals surface area contributed by atoms with Gasteiger partial charge in [0.25, 0.3) is 0 Å². The molecular formula is C19H28N4O3S. The lowest BCUT2D eigenvalue weighted by Gasteiger charge is -2.38. The van der Waals surface area contributed by atoms with Crippen LogP contribution in [0.25, 0.3) is 0 Å². The number of likely N-dealkylation sites (tertiary alicyclic amines) is 1. The Balaban J connectivity index is 1.26. The number of rotatable bonds is 3. The second kappa shape index (κ2) is 8.58. The molecular weight excluding hydrogens is 364 g/mol. The van der Waals surface area contributed by atoms with Crippen LogP contribution in [0, 0.1) is 0 Å². The first-order valence-corrected chi connectivity index (χ1v) is 10.8. The number of hydrogen-bond acceptors (Lipinski definition) is 5. The van der Waals surface area contributed by atoms with Crippen LogP contribution < -0.4 is 0 Å². The summed E-state index contributed by atoms with van der Waals surface area (Å²) in [6, 6.07) is 4.56. The SMILES string of the molecule is O=C(N1CCOCC1)N1CCN(CC(=O)N2CCCC2c2cccs2)CC1. The minimum Gasteiger partial charge on any atom is -0.378 e. The Morgan fingerprint density at radius 3 is 2.48 bits per heavy atom. The average Bonchev–Trinajstić information content (AvgIpc) is 3.40. The summed E-state index contributed by atoms with van der Waals surface area (Å²) in [5, 5.41) is 2.08. The molecule has 3 saturated heterocycles. The molecule has 148 valence electrons. The third-order valence-electron chi connectivity index (χ3n) is 5.73. The quantitative estimate of drug-likeness (QED) is 0.782. The summed E-state index contributed by atoms with van der Waals surface area (Å²) < 4.78 is 5.32. The van der Waals surface area contributed by atoms with Crippen molar-refractivity contribution in [1.82, 2.24) is 19.6 Å². The molecule has 0 bridgehead atoms. The number of carbonyl (C=O) groups is 2. The summed E-state index contributed by atoms with van der Waals surface area (Å²) in [5.74, 6) is 0.221. The highest BCUT2D eigenvalue weighted by molar-refractivity contribution is 7.10. The fourth-order valence-corrected chi connectivity index (χ4v) is 5.05. The lowest BCUT2D eigenvalue weighted by atomic mass is 10.2. The normalized spacial score (nSPS) is 24.4. The Hall–Kier alpha value is -1.64. The van der Waals surface area contributed by atoms with Crippen molar-refractivity contribution in [3.8, 4) is 0 Å². The predicted octanol–water partition coefficient (Wildman–Crippen LogP) is 1.48. The minimum atomic E-state index is 0.113. The van der Waals surface area contributed by atoms with Crippen molar-refractivity contribution in [2.24, 2.45) is 0 Å². The predicted molar refractivity (Wildman–Crippen MR) is 104 cm³/mol. The molecule has 0 saturated carbocycles. The van der Waals surface area contributed by atoms with E-state index in [4.69, 9.17) is 4.74 Å². The first-order valence-electron chi connectivity index (χ1n) is 9.89. The van der Waals surface area contributed by atoms with Gasteiger partial charge < -0.3 is 19.4 Å². The molecule has 3 amide bonds. The standard InChI is InChI=1S/C19H28N4O3S/c24-18(23-5-1-3-16(23)17-4-2-14-27-17)15-20-6-8-21(9-7-20)19(25)22-10-12-26-13-11-22/h2,4,14,16H,1,3,5-13,15H2. The van der Waals surface area contributed by atoms with Gasteiger partial charge in [-0.15, -0.1) is 11.3 Å². The van der Waals surface area contributed by atoms with Crippen molar-refractivity contribution >= 4 is 23.3 Å². The van der Waals surface area contributed by atoms with E-state index in [2.05, 4.69) is 27.3 Å². The van der Waals surface area contributed by atoms with Crippen LogP contribution in [0.15, 0.2) is 17.5 Å². The van der Waals surface area contributed by atoms with E-state index >= 15 is 0 Å². The summed E-state index contributed by atoms with van der Waals surface area (Å²) in [4.78, 5) is 34.8. The van der Waals surface area contributed by atoms with Crippen LogP contribution >= 0.6 is 11.3 Å². The number of nitrogens with zero attached hydrogens (tertiary/aromatic N) is 4. The molecule has 3 aliphatic heterocycles. The minimum absolute atomic E-state index is 0.113. The molecule has 0 N–H and O–H groups in total. The number of morpholine rings is 1. The Morgan fingerprint density at radius 2 is 1.78 bits per heavy atom. The lowest BCUT2D eigenvalue weighted by Crippen LogP contribution is -2.55. The molecule has 3 aliphatic rings. The largest absolute Gasteiger partial charge is 0.378 e. The smallest absolute Gasteiger partial charge is 0.320 e. The van der Waals surface area contributed by atoms with E-state index in [-0.39, 0.29) is 18.0 Å². The van der Waals surface area contributed by atoms with Crippen LogP contribution in [0.2, 0.25) is 0 Å². The van der Waals surface area contributed by atoms with E-state index in [9.17, 15) is 9.59 Å². The average molecular weight is 393 g/mol. The summed E-state index contributed by atoms with van der Waals surface area (Å²) in [6.45, 7) is 6.84. The maximum absolute atomic E-state index is 12.9. The van der Waals surface area contributed by atoms with Crippen molar-refractivity contribution in [2.45, 2.75) is 18.9 Å². The highest BCUT2D eigenvalue weighted by atomic mass is 32.1. The van der Waals surface area contributed by atoms with Gasteiger partial charge in [0.15, 0.2) is 0 Å². The Bertz CT molecular complexity index is 639. The molecule has 0 aliphatic carbocycles. The number of ether oxygens (including phenoxy) is 1. The van der Waals surface area contributed by atoms with Gasteiger partial charge in [0.2, 0.25) is 5.91 Å². The first-order chi connectivity index (χ1) is 13.2. The first kappa shape index (κ1) is 18.7. The zero-order chi connectivity index (χ0) is 18.6. The van der Waals surface area contributed by atoms with Gasteiger partial charge in [-0.05, 0) is 24.3 Å². The van der Waals surface area contributed by atoms with Crippen LogP contribution in [0.5, 0.6) is 0 Å². The molecule has 3 fully saturated rings. The van der Waals surface area contributed by atoms with Crippen molar-refractivity contribution in [1.29, 1.82) is 0 Å². The highest BCUT2D eigenvalue weighted by Gasteiger charge is 2.32. The molecule has 0 aromatic carbocycles. The van der Waals surface area contributed by atoms with E-state index in [0.29, 0.717) is 45.9 Å². The van der Waals surface area contributed by atoms with Gasteiger partial charge >= 0.3 is 6.03 Å². The molecule has 8 heteroatoms. The molecule has 4 rings (SSSR count).